The number of aliphatic carboxylic acids is 2. The number of anilines is 1. The van der Waals surface area contributed by atoms with Crippen molar-refractivity contribution in [3.63, 3.8) is 0 Å². The van der Waals surface area contributed by atoms with Gasteiger partial charge in [0, 0.05) is 36.0 Å². The molecule has 0 radical (unpaired) electrons. The largest absolute Gasteiger partial charge is 0.490 e. The summed E-state index contributed by atoms with van der Waals surface area (Å²) in [6.45, 7) is 0. The lowest BCUT2D eigenvalue weighted by atomic mass is 10.2. The molecule has 0 amide bonds. The summed E-state index contributed by atoms with van der Waals surface area (Å²) in [5, 5.41) is 14.2. The van der Waals surface area contributed by atoms with Gasteiger partial charge in [-0.15, -0.1) is 0 Å². The molecule has 0 aliphatic rings. The van der Waals surface area contributed by atoms with Crippen molar-refractivity contribution in [1.82, 2.24) is 15.0 Å². The van der Waals surface area contributed by atoms with Gasteiger partial charge in [-0.05, 0) is 46.3 Å². The smallest absolute Gasteiger partial charge is 0.475 e. The number of nitrogens with zero attached hydrogens (tertiary/aromatic N) is 3. The molecule has 33 heavy (non-hydrogen) atoms. The van der Waals surface area contributed by atoms with Crippen molar-refractivity contribution in [1.29, 1.82) is 0 Å². The lowest BCUT2D eigenvalue weighted by Crippen LogP contribution is -2.21. The van der Waals surface area contributed by atoms with Gasteiger partial charge in [-0.2, -0.15) is 26.3 Å². The van der Waals surface area contributed by atoms with Crippen molar-refractivity contribution >= 4 is 44.7 Å². The maximum Gasteiger partial charge on any atom is 0.490 e. The SMILES string of the molecule is CN(C)c1ccc(-c2nc3cc(Br)cnc3[nH]2)cc1.O=C(O)C(F)(F)F.O=C(O)C(F)(F)F. The number of carboxylic acids is 2. The lowest BCUT2D eigenvalue weighted by Gasteiger charge is -2.11. The van der Waals surface area contributed by atoms with Crippen LogP contribution < -0.4 is 4.90 Å². The van der Waals surface area contributed by atoms with Crippen molar-refractivity contribution < 1.29 is 46.1 Å². The molecule has 0 aliphatic heterocycles. The Bertz CT molecular complexity index is 1070. The van der Waals surface area contributed by atoms with Gasteiger partial charge in [-0.25, -0.2) is 19.6 Å². The number of carboxylic acid groups (broad SMARTS) is 2. The Morgan fingerprint density at radius 3 is 1.82 bits per heavy atom. The highest BCUT2D eigenvalue weighted by Gasteiger charge is 2.38. The van der Waals surface area contributed by atoms with Crippen LogP contribution in [0.2, 0.25) is 0 Å². The van der Waals surface area contributed by atoms with Gasteiger partial charge in [0.15, 0.2) is 5.65 Å². The van der Waals surface area contributed by atoms with Crippen LogP contribution in [0.25, 0.3) is 22.6 Å². The van der Waals surface area contributed by atoms with Crippen LogP contribution in [0.5, 0.6) is 0 Å². The highest BCUT2D eigenvalue weighted by Crippen LogP contribution is 2.23. The zero-order chi connectivity index (χ0) is 25.6. The number of pyridine rings is 1. The van der Waals surface area contributed by atoms with E-state index in [0.717, 1.165) is 27.0 Å². The maximum atomic E-state index is 10.6. The number of hydrogen-bond acceptors (Lipinski definition) is 5. The van der Waals surface area contributed by atoms with Crippen LogP contribution in [0.15, 0.2) is 41.0 Å². The summed E-state index contributed by atoms with van der Waals surface area (Å²) in [4.78, 5) is 31.9. The predicted octanol–water partition coefficient (Wildman–Crippen LogP) is 4.72. The number of nitrogens with one attached hydrogen (secondary N) is 1. The van der Waals surface area contributed by atoms with E-state index < -0.39 is 24.3 Å². The van der Waals surface area contributed by atoms with E-state index in [1.54, 1.807) is 6.20 Å². The van der Waals surface area contributed by atoms with Gasteiger partial charge in [0.05, 0.1) is 0 Å². The Labute approximate surface area is 190 Å². The molecule has 2 aromatic heterocycles. The number of hydrogen-bond donors (Lipinski definition) is 3. The van der Waals surface area contributed by atoms with E-state index in [-0.39, 0.29) is 0 Å². The molecule has 0 aliphatic carbocycles. The number of aromatic amines is 1. The molecule has 1 aromatic carbocycles. The van der Waals surface area contributed by atoms with Crippen molar-refractivity contribution in [2.45, 2.75) is 12.4 Å². The van der Waals surface area contributed by atoms with Gasteiger partial charge >= 0.3 is 24.3 Å². The van der Waals surface area contributed by atoms with E-state index in [1.165, 1.54) is 5.69 Å². The van der Waals surface area contributed by atoms with Gasteiger partial charge in [0.2, 0.25) is 0 Å². The van der Waals surface area contributed by atoms with Crippen LogP contribution in [0, 0.1) is 0 Å². The predicted molar refractivity (Wildman–Crippen MR) is 109 cm³/mol. The molecule has 2 heterocycles. The normalized spacial score (nSPS) is 11.1. The van der Waals surface area contributed by atoms with E-state index in [0.29, 0.717) is 0 Å². The number of halogens is 7. The molecular weight excluding hydrogens is 530 g/mol. The second-order valence-corrected chi connectivity index (χ2v) is 7.07. The fraction of sp³-hybridized carbons (Fsp3) is 0.222. The first-order chi connectivity index (χ1) is 15.0. The van der Waals surface area contributed by atoms with Crippen molar-refractivity contribution in [2.24, 2.45) is 0 Å². The first-order valence-corrected chi connectivity index (χ1v) is 9.21. The van der Waals surface area contributed by atoms with Crippen LogP contribution in [-0.4, -0.2) is 63.6 Å². The van der Waals surface area contributed by atoms with Gasteiger partial charge in [0.1, 0.15) is 11.3 Å². The summed E-state index contributed by atoms with van der Waals surface area (Å²) in [5.41, 5.74) is 3.89. The Morgan fingerprint density at radius 1 is 0.970 bits per heavy atom. The van der Waals surface area contributed by atoms with Crippen LogP contribution >= 0.6 is 15.9 Å². The molecule has 3 rings (SSSR count). The van der Waals surface area contributed by atoms with Crippen molar-refractivity contribution in [2.75, 3.05) is 19.0 Å². The minimum absolute atomic E-state index is 0.801. The lowest BCUT2D eigenvalue weighted by molar-refractivity contribution is -0.193. The monoisotopic (exact) mass is 544 g/mol. The third kappa shape index (κ3) is 8.96. The molecule has 0 saturated heterocycles. The summed E-state index contributed by atoms with van der Waals surface area (Å²) in [6.07, 6.45) is -8.40. The average molecular weight is 545 g/mol. The minimum atomic E-state index is -5.08. The van der Waals surface area contributed by atoms with E-state index in [4.69, 9.17) is 19.8 Å². The van der Waals surface area contributed by atoms with Crippen LogP contribution in [0.3, 0.4) is 0 Å². The zero-order valence-electron chi connectivity index (χ0n) is 16.7. The molecule has 0 bridgehead atoms. The number of benzene rings is 1. The van der Waals surface area contributed by atoms with E-state index in [1.807, 2.05) is 20.2 Å². The number of H-pyrrole nitrogens is 1. The summed E-state index contributed by atoms with van der Waals surface area (Å²) >= 11 is 3.40. The topological polar surface area (TPSA) is 119 Å². The number of carbonyl (C=O) groups is 2. The Hall–Kier alpha value is -3.36. The highest BCUT2D eigenvalue weighted by atomic mass is 79.9. The summed E-state index contributed by atoms with van der Waals surface area (Å²) < 4.78 is 64.4. The van der Waals surface area contributed by atoms with E-state index in [9.17, 15) is 26.3 Å². The quantitative estimate of drug-likeness (QED) is 0.399. The molecule has 3 N–H and O–H groups in total. The third-order valence-corrected chi connectivity index (χ3v) is 3.88. The minimum Gasteiger partial charge on any atom is -0.475 e. The molecule has 15 heteroatoms. The molecule has 0 saturated carbocycles. The molecular formula is C18H15BrF6N4O4. The molecule has 8 nitrogen and oxygen atoms in total. The maximum absolute atomic E-state index is 10.6. The number of aromatic nitrogens is 3. The van der Waals surface area contributed by atoms with Gasteiger partial charge in [0.25, 0.3) is 0 Å². The van der Waals surface area contributed by atoms with Gasteiger partial charge in [-0.1, -0.05) is 0 Å². The Morgan fingerprint density at radius 2 is 1.42 bits per heavy atom. The first kappa shape index (κ1) is 27.7. The van der Waals surface area contributed by atoms with Gasteiger partial charge in [-0.3, -0.25) is 0 Å². The number of rotatable bonds is 2. The van der Waals surface area contributed by atoms with Gasteiger partial charge < -0.3 is 20.1 Å². The zero-order valence-corrected chi connectivity index (χ0v) is 18.2. The standard InChI is InChI=1S/C14H13BrN4.2C2HF3O2/c1-19(2)11-5-3-9(4-6-11)13-17-12-7-10(15)8-16-14(12)18-13;2*3-2(4,5)1(6)7/h3-8H,1-2H3,(H,16,17,18);2*(H,6,7). The fourth-order valence-corrected chi connectivity index (χ4v) is 2.24. The molecule has 0 spiro atoms. The highest BCUT2D eigenvalue weighted by molar-refractivity contribution is 9.10. The van der Waals surface area contributed by atoms with Crippen LogP contribution in [0.1, 0.15) is 0 Å². The Balaban J connectivity index is 0.000000324. The number of imidazole rings is 1. The molecule has 0 atom stereocenters. The molecule has 180 valence electrons. The first-order valence-electron chi connectivity index (χ1n) is 8.41. The van der Waals surface area contributed by atoms with E-state index in [2.05, 4.69) is 60.0 Å². The number of alkyl halides is 6. The molecule has 0 fully saturated rings. The second-order valence-electron chi connectivity index (χ2n) is 6.15. The molecule has 3 aromatic rings. The van der Waals surface area contributed by atoms with E-state index >= 15 is 0 Å². The summed E-state index contributed by atoms with van der Waals surface area (Å²) in [6, 6.07) is 10.2. The van der Waals surface area contributed by atoms with Crippen molar-refractivity contribution in [3.05, 3.63) is 41.0 Å². The second kappa shape index (κ2) is 11.0. The van der Waals surface area contributed by atoms with Crippen LogP contribution in [-0.2, 0) is 9.59 Å². The Kier molecular flexibility index (Phi) is 9.21. The fourth-order valence-electron chi connectivity index (χ4n) is 1.92. The summed E-state index contributed by atoms with van der Waals surface area (Å²) in [7, 11) is 4.05. The van der Waals surface area contributed by atoms with Crippen LogP contribution in [0.4, 0.5) is 32.0 Å². The molecule has 0 unspecified atom stereocenters. The third-order valence-electron chi connectivity index (χ3n) is 3.45. The van der Waals surface area contributed by atoms with Crippen molar-refractivity contribution in [3.8, 4) is 11.4 Å². The summed E-state index contributed by atoms with van der Waals surface area (Å²) in [5.74, 6) is -4.68. The average Bonchev–Trinajstić information content (AvgIpc) is 3.10. The number of fused-ring (bicyclic) bond motifs is 1.